The van der Waals surface area contributed by atoms with E-state index in [0.29, 0.717) is 17.3 Å². The second-order valence-electron chi connectivity index (χ2n) is 3.69. The number of hydrogen-bond donors (Lipinski definition) is 1. The Balaban J connectivity index is 2.66. The standard InChI is InChI=1S/C12H13ClN2O2/c1-7-3-9(13)4-10(11(7)16-2)12-8(5-14)6-15-17-12/h3-4,6H,5,14H2,1-2H3. The van der Waals surface area contributed by atoms with Crippen LogP contribution in [0.15, 0.2) is 22.9 Å². The summed E-state index contributed by atoms with van der Waals surface area (Å²) in [5.74, 6) is 1.33. The van der Waals surface area contributed by atoms with Gasteiger partial charge in [-0.25, -0.2) is 0 Å². The van der Waals surface area contributed by atoms with E-state index in [0.717, 1.165) is 22.4 Å². The van der Waals surface area contributed by atoms with Crippen molar-refractivity contribution in [3.8, 4) is 17.1 Å². The van der Waals surface area contributed by atoms with Crippen LogP contribution in [0.3, 0.4) is 0 Å². The number of benzene rings is 1. The summed E-state index contributed by atoms with van der Waals surface area (Å²) in [6.45, 7) is 2.28. The van der Waals surface area contributed by atoms with Crippen LogP contribution in [-0.2, 0) is 6.54 Å². The van der Waals surface area contributed by atoms with Crippen molar-refractivity contribution in [3.05, 3.63) is 34.5 Å². The highest BCUT2D eigenvalue weighted by atomic mass is 35.5. The quantitative estimate of drug-likeness (QED) is 0.912. The maximum atomic E-state index is 6.04. The maximum absolute atomic E-state index is 6.04. The molecule has 0 spiro atoms. The van der Waals surface area contributed by atoms with E-state index in [9.17, 15) is 0 Å². The molecule has 0 aliphatic carbocycles. The lowest BCUT2D eigenvalue weighted by Gasteiger charge is -2.10. The number of halogens is 1. The molecule has 0 aliphatic rings. The van der Waals surface area contributed by atoms with Crippen molar-refractivity contribution in [2.45, 2.75) is 13.5 Å². The van der Waals surface area contributed by atoms with E-state index in [-0.39, 0.29) is 0 Å². The third-order valence-electron chi connectivity index (χ3n) is 2.55. The van der Waals surface area contributed by atoms with Crippen molar-refractivity contribution >= 4 is 11.6 Å². The summed E-state index contributed by atoms with van der Waals surface area (Å²) in [5, 5.41) is 4.37. The van der Waals surface area contributed by atoms with Crippen LogP contribution in [0.25, 0.3) is 11.3 Å². The fourth-order valence-corrected chi connectivity index (χ4v) is 2.07. The molecule has 0 aliphatic heterocycles. The summed E-state index contributed by atoms with van der Waals surface area (Å²) in [7, 11) is 1.61. The number of nitrogens with zero attached hydrogens (tertiary/aromatic N) is 1. The Hall–Kier alpha value is -1.52. The molecule has 0 saturated carbocycles. The zero-order valence-electron chi connectivity index (χ0n) is 9.66. The lowest BCUT2D eigenvalue weighted by Crippen LogP contribution is -1.98. The van der Waals surface area contributed by atoms with E-state index >= 15 is 0 Å². The first-order valence-corrected chi connectivity index (χ1v) is 5.53. The summed E-state index contributed by atoms with van der Waals surface area (Å²) < 4.78 is 10.6. The molecule has 1 heterocycles. The molecule has 0 unspecified atom stereocenters. The van der Waals surface area contributed by atoms with Crippen LogP contribution in [0.1, 0.15) is 11.1 Å². The van der Waals surface area contributed by atoms with Crippen LogP contribution in [0.2, 0.25) is 5.02 Å². The SMILES string of the molecule is COc1c(C)cc(Cl)cc1-c1oncc1CN. The van der Waals surface area contributed by atoms with Crippen LogP contribution in [0.4, 0.5) is 0 Å². The van der Waals surface area contributed by atoms with E-state index in [2.05, 4.69) is 5.16 Å². The first-order valence-electron chi connectivity index (χ1n) is 5.15. The molecular weight excluding hydrogens is 240 g/mol. The number of ether oxygens (including phenoxy) is 1. The van der Waals surface area contributed by atoms with Gasteiger partial charge in [0.15, 0.2) is 5.76 Å². The molecular formula is C12H13ClN2O2. The number of rotatable bonds is 3. The highest BCUT2D eigenvalue weighted by molar-refractivity contribution is 6.31. The topological polar surface area (TPSA) is 61.3 Å². The predicted molar refractivity (Wildman–Crippen MR) is 66.1 cm³/mol. The minimum Gasteiger partial charge on any atom is -0.496 e. The molecule has 0 amide bonds. The molecule has 2 rings (SSSR count). The number of nitrogens with two attached hydrogens (primary N) is 1. The fraction of sp³-hybridized carbons (Fsp3) is 0.250. The van der Waals surface area contributed by atoms with Crippen molar-refractivity contribution < 1.29 is 9.26 Å². The second-order valence-corrected chi connectivity index (χ2v) is 4.12. The lowest BCUT2D eigenvalue weighted by atomic mass is 10.0. The third kappa shape index (κ3) is 2.14. The predicted octanol–water partition coefficient (Wildman–Crippen LogP) is 2.77. The molecule has 1 aromatic carbocycles. The van der Waals surface area contributed by atoms with Crippen LogP contribution < -0.4 is 10.5 Å². The van der Waals surface area contributed by atoms with Gasteiger partial charge in [0.05, 0.1) is 18.9 Å². The van der Waals surface area contributed by atoms with E-state index in [1.165, 1.54) is 0 Å². The smallest absolute Gasteiger partial charge is 0.175 e. The van der Waals surface area contributed by atoms with Gasteiger partial charge < -0.3 is 15.0 Å². The Morgan fingerprint density at radius 3 is 2.88 bits per heavy atom. The molecule has 4 nitrogen and oxygen atoms in total. The summed E-state index contributed by atoms with van der Waals surface area (Å²) in [6, 6.07) is 3.62. The van der Waals surface area contributed by atoms with Gasteiger partial charge in [-0.1, -0.05) is 16.8 Å². The van der Waals surface area contributed by atoms with Crippen molar-refractivity contribution in [3.63, 3.8) is 0 Å². The Bertz CT molecular complexity index is 537. The normalized spacial score (nSPS) is 10.6. The molecule has 0 saturated heterocycles. The highest BCUT2D eigenvalue weighted by Crippen LogP contribution is 2.37. The first-order chi connectivity index (χ1) is 8.17. The fourth-order valence-electron chi connectivity index (χ4n) is 1.80. The number of hydrogen-bond acceptors (Lipinski definition) is 4. The van der Waals surface area contributed by atoms with E-state index < -0.39 is 0 Å². The molecule has 0 atom stereocenters. The van der Waals surface area contributed by atoms with Gasteiger partial charge in [0.2, 0.25) is 0 Å². The van der Waals surface area contributed by atoms with Crippen molar-refractivity contribution in [2.75, 3.05) is 7.11 Å². The van der Waals surface area contributed by atoms with Crippen LogP contribution in [-0.4, -0.2) is 12.3 Å². The minimum absolute atomic E-state index is 0.355. The van der Waals surface area contributed by atoms with Crippen LogP contribution in [0, 0.1) is 6.92 Å². The molecule has 2 N–H and O–H groups in total. The van der Waals surface area contributed by atoms with Crippen LogP contribution >= 0.6 is 11.6 Å². The zero-order valence-corrected chi connectivity index (χ0v) is 10.4. The number of aromatic nitrogens is 1. The Morgan fingerprint density at radius 1 is 1.47 bits per heavy atom. The first kappa shape index (κ1) is 12.0. The number of methoxy groups -OCH3 is 1. The summed E-state index contributed by atoms with van der Waals surface area (Å²) >= 11 is 6.04. The van der Waals surface area contributed by atoms with Crippen molar-refractivity contribution in [1.82, 2.24) is 5.16 Å². The average molecular weight is 253 g/mol. The lowest BCUT2D eigenvalue weighted by molar-refractivity contribution is 0.403. The average Bonchev–Trinajstić information content (AvgIpc) is 2.75. The summed E-state index contributed by atoms with van der Waals surface area (Å²) in [4.78, 5) is 0. The second kappa shape index (κ2) is 4.77. The molecule has 90 valence electrons. The summed E-state index contributed by atoms with van der Waals surface area (Å²) in [5.41, 5.74) is 8.16. The molecule has 2 aromatic rings. The van der Waals surface area contributed by atoms with Gasteiger partial charge in [-0.2, -0.15) is 0 Å². The maximum Gasteiger partial charge on any atom is 0.175 e. The Kier molecular flexibility index (Phi) is 3.36. The molecule has 17 heavy (non-hydrogen) atoms. The summed E-state index contributed by atoms with van der Waals surface area (Å²) in [6.07, 6.45) is 1.60. The van der Waals surface area contributed by atoms with Gasteiger partial charge in [0.1, 0.15) is 5.75 Å². The molecule has 0 bridgehead atoms. The molecule has 5 heteroatoms. The van der Waals surface area contributed by atoms with Gasteiger partial charge in [-0.15, -0.1) is 0 Å². The molecule has 0 radical (unpaired) electrons. The third-order valence-corrected chi connectivity index (χ3v) is 2.77. The largest absolute Gasteiger partial charge is 0.496 e. The van der Waals surface area contributed by atoms with Gasteiger partial charge in [0.25, 0.3) is 0 Å². The van der Waals surface area contributed by atoms with E-state index in [1.807, 2.05) is 13.0 Å². The van der Waals surface area contributed by atoms with Crippen molar-refractivity contribution in [1.29, 1.82) is 0 Å². The Morgan fingerprint density at radius 2 is 2.24 bits per heavy atom. The molecule has 0 fully saturated rings. The van der Waals surface area contributed by atoms with Gasteiger partial charge >= 0.3 is 0 Å². The molecule has 1 aromatic heterocycles. The van der Waals surface area contributed by atoms with Crippen molar-refractivity contribution in [2.24, 2.45) is 5.73 Å². The van der Waals surface area contributed by atoms with Gasteiger partial charge in [-0.3, -0.25) is 0 Å². The minimum atomic E-state index is 0.355. The number of aryl methyl sites for hydroxylation is 1. The van der Waals surface area contributed by atoms with E-state index in [1.54, 1.807) is 19.4 Å². The Labute approximate surface area is 104 Å². The highest BCUT2D eigenvalue weighted by Gasteiger charge is 2.17. The monoisotopic (exact) mass is 252 g/mol. The zero-order chi connectivity index (χ0) is 12.4. The van der Waals surface area contributed by atoms with E-state index in [4.69, 9.17) is 26.6 Å². The van der Waals surface area contributed by atoms with Crippen LogP contribution in [0.5, 0.6) is 5.75 Å². The van der Waals surface area contributed by atoms with Gasteiger partial charge in [-0.05, 0) is 24.6 Å². The van der Waals surface area contributed by atoms with Gasteiger partial charge in [0, 0.05) is 17.1 Å².